The smallest absolute Gasteiger partial charge is 0.324 e. The summed E-state index contributed by atoms with van der Waals surface area (Å²) in [5.41, 5.74) is -1.40. The van der Waals surface area contributed by atoms with E-state index in [9.17, 15) is 26.4 Å². The van der Waals surface area contributed by atoms with Crippen molar-refractivity contribution in [3.63, 3.8) is 0 Å². The molecule has 1 amide bonds. The molecule has 6 nitrogen and oxygen atoms in total. The summed E-state index contributed by atoms with van der Waals surface area (Å²) in [5, 5.41) is 3.95. The monoisotopic (exact) mass is 511 g/mol. The van der Waals surface area contributed by atoms with Crippen LogP contribution in [0.5, 0.6) is 0 Å². The van der Waals surface area contributed by atoms with Gasteiger partial charge in [0.1, 0.15) is 0 Å². The van der Waals surface area contributed by atoms with E-state index in [-0.39, 0.29) is 48.3 Å². The van der Waals surface area contributed by atoms with Gasteiger partial charge < -0.3 is 5.32 Å². The van der Waals surface area contributed by atoms with Crippen molar-refractivity contribution in [3.8, 4) is 0 Å². The van der Waals surface area contributed by atoms with Gasteiger partial charge in [-0.3, -0.25) is 9.69 Å². The summed E-state index contributed by atoms with van der Waals surface area (Å²) in [5.74, 6) is -0.626. The van der Waals surface area contributed by atoms with Crippen LogP contribution in [0, 0.1) is 0 Å². The van der Waals surface area contributed by atoms with Crippen molar-refractivity contribution in [2.75, 3.05) is 38.0 Å². The number of carbonyl (C=O) groups is 1. The number of sulfonamides is 1. The van der Waals surface area contributed by atoms with E-state index in [0.29, 0.717) is 0 Å². The predicted octanol–water partition coefficient (Wildman–Crippen LogP) is 4.46. The number of hydrogen-bond donors (Lipinski definition) is 1. The number of rotatable bonds is 5. The molecule has 1 aliphatic rings. The maximum absolute atomic E-state index is 13.2. The Morgan fingerprint density at radius 3 is 2.29 bits per heavy atom. The molecule has 0 radical (unpaired) electrons. The lowest BCUT2D eigenvalue weighted by Gasteiger charge is -2.33. The zero-order valence-corrected chi connectivity index (χ0v) is 19.4. The van der Waals surface area contributed by atoms with Crippen molar-refractivity contribution in [1.29, 1.82) is 0 Å². The summed E-state index contributed by atoms with van der Waals surface area (Å²) in [6.07, 6.45) is -4.67. The van der Waals surface area contributed by atoms with Gasteiger partial charge in [-0.25, -0.2) is 8.42 Å². The number of amides is 1. The first-order chi connectivity index (χ1) is 16.0. The van der Waals surface area contributed by atoms with Gasteiger partial charge in [0, 0.05) is 31.2 Å². The van der Waals surface area contributed by atoms with E-state index in [2.05, 4.69) is 5.32 Å². The molecule has 0 aliphatic carbocycles. The van der Waals surface area contributed by atoms with Gasteiger partial charge in [-0.15, -0.1) is 0 Å². The van der Waals surface area contributed by atoms with Gasteiger partial charge in [0.15, 0.2) is 0 Å². The van der Waals surface area contributed by atoms with Gasteiger partial charge in [-0.1, -0.05) is 41.9 Å². The van der Waals surface area contributed by atoms with Crippen molar-refractivity contribution < 1.29 is 26.4 Å². The molecule has 180 valence electrons. The van der Waals surface area contributed by atoms with Crippen LogP contribution in [0.25, 0.3) is 10.8 Å². The van der Waals surface area contributed by atoms with Crippen LogP contribution in [0.2, 0.25) is 5.02 Å². The molecule has 3 aromatic carbocycles. The largest absolute Gasteiger partial charge is 0.418 e. The number of nitrogens with zero attached hydrogens (tertiary/aromatic N) is 2. The molecule has 34 heavy (non-hydrogen) atoms. The number of benzene rings is 3. The number of nitrogens with one attached hydrogen (secondary N) is 1. The number of anilines is 1. The summed E-state index contributed by atoms with van der Waals surface area (Å²) in [6, 6.07) is 15.6. The molecule has 0 atom stereocenters. The second kappa shape index (κ2) is 9.53. The fraction of sp³-hybridized carbons (Fsp3) is 0.261. The first kappa shape index (κ1) is 24.5. The minimum absolute atomic E-state index is 0.0888. The molecular weight excluding hydrogens is 491 g/mol. The predicted molar refractivity (Wildman–Crippen MR) is 124 cm³/mol. The maximum Gasteiger partial charge on any atom is 0.418 e. The van der Waals surface area contributed by atoms with E-state index in [1.54, 1.807) is 23.1 Å². The highest BCUT2D eigenvalue weighted by Crippen LogP contribution is 2.36. The third kappa shape index (κ3) is 5.35. The van der Waals surface area contributed by atoms with E-state index in [0.717, 1.165) is 22.9 Å². The van der Waals surface area contributed by atoms with E-state index in [1.165, 1.54) is 10.4 Å². The molecule has 3 aromatic rings. The van der Waals surface area contributed by atoms with Crippen LogP contribution < -0.4 is 5.32 Å². The summed E-state index contributed by atoms with van der Waals surface area (Å²) in [6.45, 7) is 0.706. The molecule has 11 heteroatoms. The van der Waals surface area contributed by atoms with Gasteiger partial charge in [0.05, 0.1) is 22.7 Å². The number of carbonyl (C=O) groups excluding carboxylic acids is 1. The summed E-state index contributed by atoms with van der Waals surface area (Å²) in [7, 11) is -3.71. The highest BCUT2D eigenvalue weighted by Gasteiger charge is 2.34. The average Bonchev–Trinajstić information content (AvgIpc) is 2.79. The maximum atomic E-state index is 13.2. The molecule has 1 aliphatic heterocycles. The number of alkyl halides is 3. The van der Waals surface area contributed by atoms with Crippen molar-refractivity contribution in [1.82, 2.24) is 9.21 Å². The Morgan fingerprint density at radius 1 is 0.941 bits per heavy atom. The zero-order valence-electron chi connectivity index (χ0n) is 17.8. The molecule has 0 saturated carbocycles. The first-order valence-corrected chi connectivity index (χ1v) is 12.2. The minimum Gasteiger partial charge on any atom is -0.324 e. The van der Waals surface area contributed by atoms with Crippen LogP contribution in [0.3, 0.4) is 0 Å². The van der Waals surface area contributed by atoms with Gasteiger partial charge >= 0.3 is 6.18 Å². The fourth-order valence-electron chi connectivity index (χ4n) is 3.86. The van der Waals surface area contributed by atoms with E-state index in [1.807, 2.05) is 24.3 Å². The molecule has 0 unspecified atom stereocenters. The Bertz CT molecular complexity index is 1320. The Kier molecular flexibility index (Phi) is 6.86. The van der Waals surface area contributed by atoms with Crippen LogP contribution in [0.15, 0.2) is 65.6 Å². The SMILES string of the molecule is O=C(CN1CCN(S(=O)(=O)c2ccc3ccccc3c2)CC1)Nc1ccc(Cl)cc1C(F)(F)F. The standard InChI is InChI=1S/C23H21ClF3N3O3S/c24-18-6-8-21(20(14-18)23(25,26)27)28-22(31)15-29-9-11-30(12-10-29)34(32,33)19-7-5-16-3-1-2-4-17(16)13-19/h1-8,13-14H,9-12,15H2,(H,28,31). The van der Waals surface area contributed by atoms with Crippen molar-refractivity contribution in [2.24, 2.45) is 0 Å². The average molecular weight is 512 g/mol. The second-order valence-electron chi connectivity index (χ2n) is 7.93. The van der Waals surface area contributed by atoms with E-state index in [4.69, 9.17) is 11.6 Å². The summed E-state index contributed by atoms with van der Waals surface area (Å²) in [4.78, 5) is 14.3. The van der Waals surface area contributed by atoms with Crippen LogP contribution in [0.4, 0.5) is 18.9 Å². The zero-order chi connectivity index (χ0) is 24.5. The van der Waals surface area contributed by atoms with Gasteiger partial charge in [-0.2, -0.15) is 17.5 Å². The number of halogens is 4. The first-order valence-electron chi connectivity index (χ1n) is 10.4. The fourth-order valence-corrected chi connectivity index (χ4v) is 5.49. The van der Waals surface area contributed by atoms with Gasteiger partial charge in [0.2, 0.25) is 15.9 Å². The second-order valence-corrected chi connectivity index (χ2v) is 10.3. The minimum atomic E-state index is -4.67. The van der Waals surface area contributed by atoms with Crippen LogP contribution in [-0.2, 0) is 21.0 Å². The Labute approximate surface area is 200 Å². The van der Waals surface area contributed by atoms with E-state index < -0.39 is 27.7 Å². The lowest BCUT2D eigenvalue weighted by molar-refractivity contribution is -0.137. The van der Waals surface area contributed by atoms with Crippen LogP contribution >= 0.6 is 11.6 Å². The van der Waals surface area contributed by atoms with Gasteiger partial charge in [-0.05, 0) is 41.1 Å². The molecule has 0 aromatic heterocycles. The molecule has 1 heterocycles. The van der Waals surface area contributed by atoms with Crippen molar-refractivity contribution in [3.05, 3.63) is 71.2 Å². The van der Waals surface area contributed by atoms with E-state index >= 15 is 0 Å². The topological polar surface area (TPSA) is 69.7 Å². The third-order valence-corrected chi connectivity index (χ3v) is 7.75. The van der Waals surface area contributed by atoms with Crippen LogP contribution in [-0.4, -0.2) is 56.3 Å². The normalized spacial score (nSPS) is 16.0. The Hall–Kier alpha value is -2.66. The van der Waals surface area contributed by atoms with Gasteiger partial charge in [0.25, 0.3) is 0 Å². The van der Waals surface area contributed by atoms with Crippen LogP contribution in [0.1, 0.15) is 5.56 Å². The third-order valence-electron chi connectivity index (χ3n) is 5.62. The molecule has 0 bridgehead atoms. The molecular formula is C23H21ClF3N3O3S. The number of hydrogen-bond acceptors (Lipinski definition) is 4. The Balaban J connectivity index is 1.38. The number of piperazine rings is 1. The number of fused-ring (bicyclic) bond motifs is 1. The van der Waals surface area contributed by atoms with Crippen molar-refractivity contribution in [2.45, 2.75) is 11.1 Å². The molecule has 1 N–H and O–H groups in total. The molecule has 1 fully saturated rings. The summed E-state index contributed by atoms with van der Waals surface area (Å²) >= 11 is 5.66. The quantitative estimate of drug-likeness (QED) is 0.549. The lowest BCUT2D eigenvalue weighted by atomic mass is 10.1. The molecule has 0 spiro atoms. The van der Waals surface area contributed by atoms with Crippen molar-refractivity contribution >= 4 is 44.0 Å². The Morgan fingerprint density at radius 2 is 1.62 bits per heavy atom. The highest BCUT2D eigenvalue weighted by atomic mass is 35.5. The molecule has 1 saturated heterocycles. The highest BCUT2D eigenvalue weighted by molar-refractivity contribution is 7.89. The summed E-state index contributed by atoms with van der Waals surface area (Å²) < 4.78 is 67.2. The lowest BCUT2D eigenvalue weighted by Crippen LogP contribution is -2.50. The molecule has 4 rings (SSSR count).